The third kappa shape index (κ3) is 6.86. The first-order chi connectivity index (χ1) is 12.7. The average Bonchev–Trinajstić information content (AvgIpc) is 2.60. The van der Waals surface area contributed by atoms with Gasteiger partial charge in [0.2, 0.25) is 0 Å². The molecule has 0 bridgehead atoms. The molecule has 6 nitrogen and oxygen atoms in total. The molecule has 1 heterocycles. The second-order valence-corrected chi connectivity index (χ2v) is 8.22. The first-order valence-corrected chi connectivity index (χ1v) is 9.63. The Balaban J connectivity index is 1.69. The minimum absolute atomic E-state index is 0.265. The smallest absolute Gasteiger partial charge is 0.410 e. The number of piperazine rings is 1. The Morgan fingerprint density at radius 1 is 1.04 bits per heavy atom. The molecule has 0 aromatic heterocycles. The molecule has 27 heavy (non-hydrogen) atoms. The van der Waals surface area contributed by atoms with Crippen molar-refractivity contribution in [1.29, 1.82) is 0 Å². The predicted octanol–water partition coefficient (Wildman–Crippen LogP) is 3.52. The molecule has 0 N–H and O–H groups in total. The molecule has 1 fully saturated rings. The van der Waals surface area contributed by atoms with Crippen molar-refractivity contribution in [2.75, 3.05) is 39.3 Å². The number of amides is 1. The van der Waals surface area contributed by atoms with E-state index in [1.54, 1.807) is 4.90 Å². The zero-order chi connectivity index (χ0) is 20.0. The topological polar surface area (TPSA) is 59.1 Å². The number of hydrogen-bond donors (Lipinski definition) is 0. The van der Waals surface area contributed by atoms with Gasteiger partial charge in [-0.2, -0.15) is 0 Å². The van der Waals surface area contributed by atoms with Crippen molar-refractivity contribution in [2.45, 2.75) is 46.1 Å². The molecule has 150 valence electrons. The maximum absolute atomic E-state index is 12.1. The van der Waals surface area contributed by atoms with E-state index in [0.717, 1.165) is 13.1 Å². The maximum atomic E-state index is 12.1. The van der Waals surface area contributed by atoms with Crippen molar-refractivity contribution in [3.63, 3.8) is 0 Å². The number of carbonyl (C=O) groups excluding carboxylic acids is 2. The molecule has 6 heteroatoms. The van der Waals surface area contributed by atoms with Gasteiger partial charge >= 0.3 is 12.1 Å². The summed E-state index contributed by atoms with van der Waals surface area (Å²) in [6.07, 6.45) is -0.265. The fourth-order valence-electron chi connectivity index (χ4n) is 2.84. The summed E-state index contributed by atoms with van der Waals surface area (Å²) < 4.78 is 10.8. The maximum Gasteiger partial charge on any atom is 0.410 e. The van der Waals surface area contributed by atoms with Gasteiger partial charge in [-0.1, -0.05) is 26.0 Å². The molecule has 1 aromatic rings. The molecule has 0 aliphatic carbocycles. The second kappa shape index (κ2) is 9.22. The molecule has 0 atom stereocenters. The molecule has 0 radical (unpaired) electrons. The largest absolute Gasteiger partial charge is 0.461 e. The van der Waals surface area contributed by atoms with Gasteiger partial charge in [0, 0.05) is 32.7 Å². The van der Waals surface area contributed by atoms with Crippen LogP contribution < -0.4 is 0 Å². The van der Waals surface area contributed by atoms with Gasteiger partial charge in [0.05, 0.1) is 5.56 Å². The average molecular weight is 376 g/mol. The number of hydrogen-bond acceptors (Lipinski definition) is 5. The molecule has 0 unspecified atom stereocenters. The summed E-state index contributed by atoms with van der Waals surface area (Å²) in [6.45, 7) is 13.6. The first-order valence-electron chi connectivity index (χ1n) is 9.63. The van der Waals surface area contributed by atoms with Gasteiger partial charge in [-0.3, -0.25) is 4.90 Å². The van der Waals surface area contributed by atoms with E-state index in [1.165, 1.54) is 5.56 Å². The molecule has 1 saturated heterocycles. The van der Waals surface area contributed by atoms with E-state index in [2.05, 4.69) is 18.7 Å². The number of rotatable bonds is 5. The predicted molar refractivity (Wildman–Crippen MR) is 105 cm³/mol. The van der Waals surface area contributed by atoms with Crippen molar-refractivity contribution >= 4 is 12.1 Å². The molecular formula is C21H32N2O4. The van der Waals surface area contributed by atoms with Gasteiger partial charge in [-0.15, -0.1) is 0 Å². The third-order valence-electron chi connectivity index (χ3n) is 4.48. The summed E-state index contributed by atoms with van der Waals surface area (Å²) in [6, 6.07) is 7.57. The summed E-state index contributed by atoms with van der Waals surface area (Å²) in [7, 11) is 0. The van der Waals surface area contributed by atoms with E-state index < -0.39 is 5.60 Å². The molecular weight excluding hydrogens is 344 g/mol. The Kier molecular flexibility index (Phi) is 7.25. The van der Waals surface area contributed by atoms with E-state index in [-0.39, 0.29) is 12.1 Å². The Morgan fingerprint density at radius 2 is 1.63 bits per heavy atom. The number of ether oxygens (including phenoxy) is 2. The highest BCUT2D eigenvalue weighted by molar-refractivity contribution is 5.89. The normalized spacial score (nSPS) is 15.7. The van der Waals surface area contributed by atoms with E-state index in [0.29, 0.717) is 37.7 Å². The first kappa shape index (κ1) is 21.2. The lowest BCUT2D eigenvalue weighted by Crippen LogP contribution is -2.50. The van der Waals surface area contributed by atoms with Crippen LogP contribution in [0.25, 0.3) is 0 Å². The van der Waals surface area contributed by atoms with Crippen LogP contribution in [0.5, 0.6) is 0 Å². The molecule has 2 rings (SSSR count). The fraction of sp³-hybridized carbons (Fsp3) is 0.619. The van der Waals surface area contributed by atoms with Crippen molar-refractivity contribution in [3.8, 4) is 0 Å². The Labute approximate surface area is 162 Å². The lowest BCUT2D eigenvalue weighted by Gasteiger charge is -2.35. The standard InChI is InChI=1S/C21H32N2O4/c1-16(2)17-6-8-18(9-7-17)19(24)26-15-14-22-10-12-23(13-11-22)20(25)27-21(3,4)5/h6-9,16H,10-15H2,1-5H3. The molecule has 0 saturated carbocycles. The zero-order valence-corrected chi connectivity index (χ0v) is 17.2. The second-order valence-electron chi connectivity index (χ2n) is 8.22. The highest BCUT2D eigenvalue weighted by Gasteiger charge is 2.25. The minimum atomic E-state index is -0.476. The van der Waals surface area contributed by atoms with Crippen LogP contribution in [-0.2, 0) is 9.47 Å². The van der Waals surface area contributed by atoms with Crippen molar-refractivity contribution < 1.29 is 19.1 Å². The van der Waals surface area contributed by atoms with Gasteiger partial charge in [0.25, 0.3) is 0 Å². The summed E-state index contributed by atoms with van der Waals surface area (Å²) in [4.78, 5) is 28.1. The van der Waals surface area contributed by atoms with Crippen molar-refractivity contribution in [2.24, 2.45) is 0 Å². The van der Waals surface area contributed by atoms with Crippen LogP contribution in [0.3, 0.4) is 0 Å². The van der Waals surface area contributed by atoms with Crippen LogP contribution in [0.2, 0.25) is 0 Å². The number of nitrogens with zero attached hydrogens (tertiary/aromatic N) is 2. The zero-order valence-electron chi connectivity index (χ0n) is 17.2. The van der Waals surface area contributed by atoms with E-state index in [4.69, 9.17) is 9.47 Å². The van der Waals surface area contributed by atoms with Crippen LogP contribution in [0, 0.1) is 0 Å². The van der Waals surface area contributed by atoms with E-state index >= 15 is 0 Å². The van der Waals surface area contributed by atoms with Crippen LogP contribution >= 0.6 is 0 Å². The van der Waals surface area contributed by atoms with E-state index in [9.17, 15) is 9.59 Å². The van der Waals surface area contributed by atoms with Crippen LogP contribution in [0.15, 0.2) is 24.3 Å². The summed E-state index contributed by atoms with van der Waals surface area (Å²) in [5.74, 6) is 0.145. The van der Waals surface area contributed by atoms with Gasteiger partial charge in [-0.25, -0.2) is 9.59 Å². The SMILES string of the molecule is CC(C)c1ccc(C(=O)OCCN2CCN(C(=O)OC(C)(C)C)CC2)cc1. The summed E-state index contributed by atoms with van der Waals surface area (Å²) in [5.41, 5.74) is 1.30. The van der Waals surface area contributed by atoms with Crippen molar-refractivity contribution in [3.05, 3.63) is 35.4 Å². The van der Waals surface area contributed by atoms with Crippen LogP contribution in [0.4, 0.5) is 4.79 Å². The van der Waals surface area contributed by atoms with Crippen molar-refractivity contribution in [1.82, 2.24) is 9.80 Å². The molecule has 1 aliphatic heterocycles. The minimum Gasteiger partial charge on any atom is -0.461 e. The highest BCUT2D eigenvalue weighted by Crippen LogP contribution is 2.15. The molecule has 1 amide bonds. The number of benzene rings is 1. The monoisotopic (exact) mass is 376 g/mol. The fourth-order valence-corrected chi connectivity index (χ4v) is 2.84. The van der Waals surface area contributed by atoms with Crippen LogP contribution in [-0.4, -0.2) is 66.8 Å². The molecule has 0 spiro atoms. The summed E-state index contributed by atoms with van der Waals surface area (Å²) in [5, 5.41) is 0. The van der Waals surface area contributed by atoms with Gasteiger partial charge in [0.15, 0.2) is 0 Å². The molecule has 1 aromatic carbocycles. The summed E-state index contributed by atoms with van der Waals surface area (Å²) >= 11 is 0. The Hall–Kier alpha value is -2.08. The van der Waals surface area contributed by atoms with E-state index in [1.807, 2.05) is 45.0 Å². The highest BCUT2D eigenvalue weighted by atomic mass is 16.6. The lowest BCUT2D eigenvalue weighted by molar-refractivity contribution is 0.0121. The number of esters is 1. The Bertz CT molecular complexity index is 627. The lowest BCUT2D eigenvalue weighted by atomic mass is 10.0. The van der Waals surface area contributed by atoms with Gasteiger partial charge in [0.1, 0.15) is 12.2 Å². The number of carbonyl (C=O) groups is 2. The van der Waals surface area contributed by atoms with Crippen LogP contribution in [0.1, 0.15) is 56.5 Å². The Morgan fingerprint density at radius 3 is 2.15 bits per heavy atom. The van der Waals surface area contributed by atoms with Gasteiger partial charge in [-0.05, 0) is 44.4 Å². The third-order valence-corrected chi connectivity index (χ3v) is 4.48. The quantitative estimate of drug-likeness (QED) is 0.736. The molecule has 1 aliphatic rings. The van der Waals surface area contributed by atoms with Gasteiger partial charge < -0.3 is 14.4 Å².